The highest BCUT2D eigenvalue weighted by Crippen LogP contribution is 2.31. The molecular weight excluding hydrogens is 314 g/mol. The molecule has 0 radical (unpaired) electrons. The van der Waals surface area contributed by atoms with Gasteiger partial charge in [0.25, 0.3) is 0 Å². The Morgan fingerprint density at radius 2 is 1.88 bits per heavy atom. The molecule has 0 heterocycles. The average Bonchev–Trinajstić information content (AvgIpc) is 2.59. The Morgan fingerprint density at radius 1 is 1.16 bits per heavy atom. The van der Waals surface area contributed by atoms with E-state index < -0.39 is 0 Å². The molecule has 2 aromatic rings. The molecule has 1 fully saturated rings. The number of carbonyl (C=O) groups is 1. The van der Waals surface area contributed by atoms with Gasteiger partial charge in [-0.3, -0.25) is 4.79 Å². The van der Waals surface area contributed by atoms with Gasteiger partial charge in [0.2, 0.25) is 5.91 Å². The number of nitrogens with one attached hydrogen (secondary N) is 1. The fourth-order valence-corrected chi connectivity index (χ4v) is 3.39. The van der Waals surface area contributed by atoms with Crippen LogP contribution in [0.25, 0.3) is 0 Å². The van der Waals surface area contributed by atoms with E-state index in [4.69, 9.17) is 4.74 Å². The lowest BCUT2D eigenvalue weighted by molar-refractivity contribution is -0.122. The van der Waals surface area contributed by atoms with Crippen LogP contribution in [0, 0.1) is 5.92 Å². The molecule has 1 amide bonds. The van der Waals surface area contributed by atoms with Crippen LogP contribution in [0.4, 0.5) is 0 Å². The molecule has 2 aromatic carbocycles. The smallest absolute Gasteiger partial charge is 0.224 e. The minimum absolute atomic E-state index is 0.00979. The first-order valence-electron chi connectivity index (χ1n) is 8.78. The summed E-state index contributed by atoms with van der Waals surface area (Å²) < 4.78 is 5.21. The Hall–Kier alpha value is -2.33. The first-order chi connectivity index (χ1) is 12.1. The second-order valence-electron chi connectivity index (χ2n) is 6.78. The van der Waals surface area contributed by atoms with Crippen LogP contribution in [-0.4, -0.2) is 30.3 Å². The second-order valence-corrected chi connectivity index (χ2v) is 6.78. The van der Waals surface area contributed by atoms with E-state index in [1.807, 2.05) is 42.5 Å². The van der Waals surface area contributed by atoms with Crippen molar-refractivity contribution >= 4 is 5.91 Å². The fourth-order valence-electron chi connectivity index (χ4n) is 3.39. The summed E-state index contributed by atoms with van der Waals surface area (Å²) in [6.45, 7) is 0. The highest BCUT2D eigenvalue weighted by molar-refractivity contribution is 5.79. The van der Waals surface area contributed by atoms with Crippen molar-refractivity contribution in [2.75, 3.05) is 7.11 Å². The number of rotatable bonds is 7. The van der Waals surface area contributed by atoms with Gasteiger partial charge >= 0.3 is 0 Å². The molecule has 0 aromatic heterocycles. The van der Waals surface area contributed by atoms with Crippen LogP contribution in [0.1, 0.15) is 24.0 Å². The van der Waals surface area contributed by atoms with E-state index in [0.29, 0.717) is 12.3 Å². The predicted octanol–water partition coefficient (Wildman–Crippen LogP) is 2.74. The molecule has 0 unspecified atom stereocenters. The van der Waals surface area contributed by atoms with Crippen molar-refractivity contribution in [2.45, 2.75) is 37.8 Å². The van der Waals surface area contributed by atoms with Gasteiger partial charge in [0.1, 0.15) is 5.75 Å². The molecule has 4 nitrogen and oxygen atoms in total. The quantitative estimate of drug-likeness (QED) is 0.815. The summed E-state index contributed by atoms with van der Waals surface area (Å²) in [5.74, 6) is 1.10. The molecule has 1 saturated carbocycles. The van der Waals surface area contributed by atoms with E-state index in [2.05, 4.69) is 17.4 Å². The molecule has 1 aliphatic carbocycles. The Morgan fingerprint density at radius 3 is 2.56 bits per heavy atom. The minimum Gasteiger partial charge on any atom is -0.497 e. The molecule has 25 heavy (non-hydrogen) atoms. The first-order valence-corrected chi connectivity index (χ1v) is 8.78. The molecule has 0 bridgehead atoms. The number of methoxy groups -OCH3 is 1. The zero-order valence-electron chi connectivity index (χ0n) is 14.5. The Balaban J connectivity index is 1.63. The molecule has 0 aliphatic heterocycles. The topological polar surface area (TPSA) is 58.6 Å². The largest absolute Gasteiger partial charge is 0.497 e. The van der Waals surface area contributed by atoms with Gasteiger partial charge in [-0.15, -0.1) is 0 Å². The molecule has 132 valence electrons. The minimum atomic E-state index is -0.224. The average molecular weight is 339 g/mol. The van der Waals surface area contributed by atoms with E-state index in [-0.39, 0.29) is 18.1 Å². The number of aliphatic hydroxyl groups is 1. The van der Waals surface area contributed by atoms with Crippen LogP contribution in [0.3, 0.4) is 0 Å². The monoisotopic (exact) mass is 339 g/mol. The van der Waals surface area contributed by atoms with E-state index in [9.17, 15) is 9.90 Å². The molecule has 0 saturated heterocycles. The number of aliphatic hydroxyl groups excluding tert-OH is 1. The number of ether oxygens (including phenoxy) is 1. The second kappa shape index (κ2) is 8.17. The van der Waals surface area contributed by atoms with Crippen LogP contribution in [0.15, 0.2) is 54.6 Å². The van der Waals surface area contributed by atoms with Gasteiger partial charge in [-0.2, -0.15) is 0 Å². The fraction of sp³-hybridized carbons (Fsp3) is 0.381. The summed E-state index contributed by atoms with van der Waals surface area (Å²) in [5, 5.41) is 12.8. The third-order valence-corrected chi connectivity index (χ3v) is 4.86. The third-order valence-electron chi connectivity index (χ3n) is 4.86. The summed E-state index contributed by atoms with van der Waals surface area (Å²) in [6.07, 6.45) is 2.42. The van der Waals surface area contributed by atoms with Crippen LogP contribution in [-0.2, 0) is 17.6 Å². The maximum atomic E-state index is 12.5. The van der Waals surface area contributed by atoms with E-state index in [1.54, 1.807) is 7.11 Å². The number of benzene rings is 2. The summed E-state index contributed by atoms with van der Waals surface area (Å²) in [5.41, 5.74) is 2.14. The number of hydrogen-bond donors (Lipinski definition) is 2. The van der Waals surface area contributed by atoms with Crippen molar-refractivity contribution in [3.63, 3.8) is 0 Å². The van der Waals surface area contributed by atoms with Gasteiger partial charge in [-0.05, 0) is 48.4 Å². The van der Waals surface area contributed by atoms with Crippen LogP contribution in [0.2, 0.25) is 0 Å². The van der Waals surface area contributed by atoms with Crippen molar-refractivity contribution in [1.82, 2.24) is 5.32 Å². The van der Waals surface area contributed by atoms with Gasteiger partial charge in [-0.1, -0.05) is 42.5 Å². The summed E-state index contributed by atoms with van der Waals surface area (Å²) in [4.78, 5) is 12.5. The number of carbonyl (C=O) groups excluding carboxylic acids is 1. The highest BCUT2D eigenvalue weighted by Gasteiger charge is 2.34. The van der Waals surface area contributed by atoms with E-state index in [0.717, 1.165) is 30.6 Å². The highest BCUT2D eigenvalue weighted by atomic mass is 16.5. The van der Waals surface area contributed by atoms with Crippen molar-refractivity contribution in [1.29, 1.82) is 0 Å². The molecule has 2 N–H and O–H groups in total. The third kappa shape index (κ3) is 4.83. The van der Waals surface area contributed by atoms with Crippen molar-refractivity contribution in [3.8, 4) is 5.75 Å². The molecule has 1 atom stereocenters. The maximum Gasteiger partial charge on any atom is 0.224 e. The molecule has 1 aliphatic rings. The van der Waals surface area contributed by atoms with Crippen molar-refractivity contribution < 1.29 is 14.6 Å². The Kier molecular flexibility index (Phi) is 5.71. The molecular formula is C21H25NO3. The van der Waals surface area contributed by atoms with Crippen LogP contribution >= 0.6 is 0 Å². The zero-order valence-corrected chi connectivity index (χ0v) is 14.5. The molecule has 0 spiro atoms. The van der Waals surface area contributed by atoms with E-state index >= 15 is 0 Å². The summed E-state index contributed by atoms with van der Waals surface area (Å²) in [6, 6.07) is 17.8. The standard InChI is InChI=1S/C21H25NO3/c1-25-19-9-5-8-16(10-19)12-21(24)22-20(17-13-18(23)14-17)11-15-6-3-2-4-7-15/h2-10,17-18,20,23H,11-14H2,1H3,(H,22,24)/t17?,18?,20-/m1/s1. The Labute approximate surface area is 148 Å². The van der Waals surface area contributed by atoms with Gasteiger partial charge in [0.15, 0.2) is 0 Å². The predicted molar refractivity (Wildman–Crippen MR) is 97.5 cm³/mol. The van der Waals surface area contributed by atoms with Crippen LogP contribution in [0.5, 0.6) is 5.75 Å². The van der Waals surface area contributed by atoms with Crippen molar-refractivity contribution in [2.24, 2.45) is 5.92 Å². The molecule has 3 rings (SSSR count). The zero-order chi connectivity index (χ0) is 17.6. The maximum absolute atomic E-state index is 12.5. The lowest BCUT2D eigenvalue weighted by Crippen LogP contribution is -2.48. The summed E-state index contributed by atoms with van der Waals surface area (Å²) in [7, 11) is 1.62. The number of hydrogen-bond acceptors (Lipinski definition) is 3. The lowest BCUT2D eigenvalue weighted by Gasteiger charge is -2.38. The van der Waals surface area contributed by atoms with E-state index in [1.165, 1.54) is 5.56 Å². The molecule has 4 heteroatoms. The van der Waals surface area contributed by atoms with Crippen molar-refractivity contribution in [3.05, 3.63) is 65.7 Å². The SMILES string of the molecule is COc1cccc(CC(=O)N[C@H](Cc2ccccc2)C2CC(O)C2)c1. The van der Waals surface area contributed by atoms with Gasteiger partial charge in [0, 0.05) is 6.04 Å². The Bertz CT molecular complexity index is 695. The van der Waals surface area contributed by atoms with Gasteiger partial charge in [-0.25, -0.2) is 0 Å². The van der Waals surface area contributed by atoms with Gasteiger partial charge < -0.3 is 15.2 Å². The lowest BCUT2D eigenvalue weighted by atomic mass is 9.75. The van der Waals surface area contributed by atoms with Crippen LogP contribution < -0.4 is 10.1 Å². The summed E-state index contributed by atoms with van der Waals surface area (Å²) >= 11 is 0. The van der Waals surface area contributed by atoms with Gasteiger partial charge in [0.05, 0.1) is 19.6 Å². The number of amides is 1. The first kappa shape index (κ1) is 17.5. The normalized spacial score (nSPS) is 20.4.